The summed E-state index contributed by atoms with van der Waals surface area (Å²) in [6.07, 6.45) is 0. The molecule has 2 rings (SSSR count). The third-order valence-corrected chi connectivity index (χ3v) is 2.88. The first-order chi connectivity index (χ1) is 7.16. The van der Waals surface area contributed by atoms with Crippen molar-refractivity contribution in [2.45, 2.75) is 6.92 Å². The first kappa shape index (κ1) is 10.7. The van der Waals surface area contributed by atoms with Crippen LogP contribution in [0.15, 0.2) is 18.2 Å². The van der Waals surface area contributed by atoms with E-state index in [0.29, 0.717) is 16.7 Å². The van der Waals surface area contributed by atoms with Crippen LogP contribution in [0, 0.1) is 10.5 Å². The zero-order valence-corrected chi connectivity index (χ0v) is 10.7. The van der Waals surface area contributed by atoms with Gasteiger partial charge < -0.3 is 0 Å². The zero-order valence-electron chi connectivity index (χ0n) is 7.78. The Hall–Kier alpha value is -0.820. The van der Waals surface area contributed by atoms with Crippen LogP contribution in [0.4, 0.5) is 0 Å². The SMILES string of the molecule is Cc1nnc(-c2ccc(Cl)cc2I)nn1. The van der Waals surface area contributed by atoms with Gasteiger partial charge in [-0.3, -0.25) is 0 Å². The molecule has 0 spiro atoms. The zero-order chi connectivity index (χ0) is 10.8. The lowest BCUT2D eigenvalue weighted by molar-refractivity contribution is 0.815. The van der Waals surface area contributed by atoms with E-state index in [0.717, 1.165) is 9.13 Å². The van der Waals surface area contributed by atoms with Crippen molar-refractivity contribution in [3.8, 4) is 11.4 Å². The topological polar surface area (TPSA) is 51.6 Å². The third-order valence-electron chi connectivity index (χ3n) is 1.75. The van der Waals surface area contributed by atoms with Gasteiger partial charge in [0, 0.05) is 14.2 Å². The molecule has 0 aliphatic heterocycles. The van der Waals surface area contributed by atoms with E-state index in [2.05, 4.69) is 43.0 Å². The summed E-state index contributed by atoms with van der Waals surface area (Å²) in [6, 6.07) is 5.50. The molecule has 6 heteroatoms. The van der Waals surface area contributed by atoms with Crippen molar-refractivity contribution in [3.63, 3.8) is 0 Å². The van der Waals surface area contributed by atoms with E-state index in [1.165, 1.54) is 0 Å². The van der Waals surface area contributed by atoms with Gasteiger partial charge in [-0.05, 0) is 47.7 Å². The quantitative estimate of drug-likeness (QED) is 0.753. The Balaban J connectivity index is 2.49. The van der Waals surface area contributed by atoms with Gasteiger partial charge in [-0.2, -0.15) is 0 Å². The lowest BCUT2D eigenvalue weighted by Gasteiger charge is -2.01. The molecule has 1 aromatic heterocycles. The van der Waals surface area contributed by atoms with Crippen LogP contribution in [0.25, 0.3) is 11.4 Å². The Bertz CT molecular complexity index is 486. The molecule has 0 amide bonds. The molecular weight excluding hydrogens is 326 g/mol. The minimum Gasteiger partial charge on any atom is -0.131 e. The van der Waals surface area contributed by atoms with Crippen molar-refractivity contribution in [1.29, 1.82) is 0 Å². The summed E-state index contributed by atoms with van der Waals surface area (Å²) in [5.41, 5.74) is 0.889. The predicted molar refractivity (Wildman–Crippen MR) is 65.5 cm³/mol. The maximum Gasteiger partial charge on any atom is 0.204 e. The molecule has 15 heavy (non-hydrogen) atoms. The van der Waals surface area contributed by atoms with Crippen LogP contribution in [0.1, 0.15) is 5.82 Å². The maximum atomic E-state index is 5.85. The predicted octanol–water partition coefficient (Wildman–Crippen LogP) is 2.50. The average molecular weight is 333 g/mol. The third kappa shape index (κ3) is 2.40. The second-order valence-electron chi connectivity index (χ2n) is 2.89. The van der Waals surface area contributed by atoms with E-state index in [-0.39, 0.29) is 0 Å². The summed E-state index contributed by atoms with van der Waals surface area (Å²) < 4.78 is 0.979. The fraction of sp³-hybridized carbons (Fsp3) is 0.111. The first-order valence-corrected chi connectivity index (χ1v) is 5.62. The molecule has 0 saturated heterocycles. The van der Waals surface area contributed by atoms with Crippen molar-refractivity contribution in [1.82, 2.24) is 20.4 Å². The number of hydrogen-bond donors (Lipinski definition) is 0. The van der Waals surface area contributed by atoms with Crippen molar-refractivity contribution in [2.75, 3.05) is 0 Å². The summed E-state index contributed by atoms with van der Waals surface area (Å²) in [5, 5.41) is 16.3. The molecular formula is C9H6ClIN4. The van der Waals surface area contributed by atoms with Gasteiger partial charge in [-0.25, -0.2) is 0 Å². The van der Waals surface area contributed by atoms with Gasteiger partial charge in [0.15, 0.2) is 5.82 Å². The number of halogens is 2. The number of hydrogen-bond acceptors (Lipinski definition) is 4. The molecule has 0 radical (unpaired) electrons. The standard InChI is InChI=1S/C9H6ClIN4/c1-5-12-14-9(15-13-5)7-3-2-6(10)4-8(7)11/h2-4H,1H3. The van der Waals surface area contributed by atoms with Gasteiger partial charge in [-0.15, -0.1) is 20.4 Å². The molecule has 0 fully saturated rings. The van der Waals surface area contributed by atoms with Crippen LogP contribution >= 0.6 is 34.2 Å². The average Bonchev–Trinajstić information content (AvgIpc) is 2.20. The smallest absolute Gasteiger partial charge is 0.131 e. The molecule has 0 saturated carbocycles. The van der Waals surface area contributed by atoms with Gasteiger partial charge in [0.05, 0.1) is 0 Å². The number of aromatic nitrogens is 4. The Labute approximate surface area is 105 Å². The second-order valence-corrected chi connectivity index (χ2v) is 4.49. The summed E-state index contributed by atoms with van der Waals surface area (Å²) in [5.74, 6) is 1.07. The number of benzene rings is 1. The van der Waals surface area contributed by atoms with E-state index in [9.17, 15) is 0 Å². The fourth-order valence-corrected chi connectivity index (χ4v) is 2.17. The molecule has 0 bridgehead atoms. The van der Waals surface area contributed by atoms with Gasteiger partial charge in [0.2, 0.25) is 5.82 Å². The highest BCUT2D eigenvalue weighted by Gasteiger charge is 2.07. The largest absolute Gasteiger partial charge is 0.204 e. The summed E-state index contributed by atoms with van der Waals surface area (Å²) in [6.45, 7) is 1.75. The molecule has 0 atom stereocenters. The van der Waals surface area contributed by atoms with Crippen LogP contribution in [0.5, 0.6) is 0 Å². The number of nitrogens with zero attached hydrogens (tertiary/aromatic N) is 4. The number of rotatable bonds is 1. The highest BCUT2D eigenvalue weighted by atomic mass is 127. The Morgan fingerprint density at radius 3 is 2.40 bits per heavy atom. The van der Waals surface area contributed by atoms with Gasteiger partial charge in [0.1, 0.15) is 0 Å². The van der Waals surface area contributed by atoms with E-state index < -0.39 is 0 Å². The summed E-state index contributed by atoms with van der Waals surface area (Å²) in [7, 11) is 0. The van der Waals surface area contributed by atoms with Gasteiger partial charge in [-0.1, -0.05) is 11.6 Å². The van der Waals surface area contributed by atoms with E-state index in [1.807, 2.05) is 12.1 Å². The molecule has 0 aliphatic rings. The van der Waals surface area contributed by atoms with Crippen molar-refractivity contribution < 1.29 is 0 Å². The minimum absolute atomic E-state index is 0.515. The molecule has 1 heterocycles. The fourth-order valence-electron chi connectivity index (χ4n) is 1.06. The van der Waals surface area contributed by atoms with Crippen LogP contribution in [-0.4, -0.2) is 20.4 Å². The minimum atomic E-state index is 0.515. The molecule has 0 N–H and O–H groups in total. The highest BCUT2D eigenvalue weighted by Crippen LogP contribution is 2.24. The van der Waals surface area contributed by atoms with Gasteiger partial charge in [0.25, 0.3) is 0 Å². The normalized spacial score (nSPS) is 10.3. The van der Waals surface area contributed by atoms with Crippen molar-refractivity contribution >= 4 is 34.2 Å². The van der Waals surface area contributed by atoms with Crippen LogP contribution in [0.2, 0.25) is 5.02 Å². The Morgan fingerprint density at radius 2 is 1.80 bits per heavy atom. The lowest BCUT2D eigenvalue weighted by atomic mass is 10.2. The second kappa shape index (κ2) is 4.36. The monoisotopic (exact) mass is 332 g/mol. The van der Waals surface area contributed by atoms with Crippen LogP contribution in [-0.2, 0) is 0 Å². The Morgan fingerprint density at radius 1 is 1.13 bits per heavy atom. The van der Waals surface area contributed by atoms with Crippen LogP contribution in [0.3, 0.4) is 0 Å². The molecule has 0 unspecified atom stereocenters. The summed E-state index contributed by atoms with van der Waals surface area (Å²) in [4.78, 5) is 0. The highest BCUT2D eigenvalue weighted by molar-refractivity contribution is 14.1. The first-order valence-electron chi connectivity index (χ1n) is 4.16. The van der Waals surface area contributed by atoms with Gasteiger partial charge >= 0.3 is 0 Å². The molecule has 2 aromatic rings. The van der Waals surface area contributed by atoms with E-state index >= 15 is 0 Å². The Kier molecular flexibility index (Phi) is 3.11. The molecule has 76 valence electrons. The molecule has 0 aliphatic carbocycles. The molecule has 1 aromatic carbocycles. The summed E-state index contributed by atoms with van der Waals surface area (Å²) >= 11 is 8.03. The van der Waals surface area contributed by atoms with E-state index in [4.69, 9.17) is 11.6 Å². The van der Waals surface area contributed by atoms with Crippen molar-refractivity contribution in [3.05, 3.63) is 32.6 Å². The van der Waals surface area contributed by atoms with Crippen LogP contribution < -0.4 is 0 Å². The van der Waals surface area contributed by atoms with E-state index in [1.54, 1.807) is 13.0 Å². The lowest BCUT2D eigenvalue weighted by Crippen LogP contribution is -1.99. The molecule has 4 nitrogen and oxygen atoms in total. The maximum absolute atomic E-state index is 5.85. The van der Waals surface area contributed by atoms with Crippen molar-refractivity contribution in [2.24, 2.45) is 0 Å². The number of aryl methyl sites for hydroxylation is 1.